The fourth-order valence-corrected chi connectivity index (χ4v) is 1.62. The van der Waals surface area contributed by atoms with Crippen LogP contribution < -0.4 is 5.73 Å². The molecule has 0 radical (unpaired) electrons. The largest absolute Gasteiger partial charge is 0.422 e. The van der Waals surface area contributed by atoms with Gasteiger partial charge in [-0.05, 0) is 23.9 Å². The number of hydrogen-bond donors (Lipinski definition) is 1. The van der Waals surface area contributed by atoms with Gasteiger partial charge < -0.3 is 15.2 Å². The highest BCUT2D eigenvalue weighted by Crippen LogP contribution is 2.09. The molecule has 6 heteroatoms. The van der Waals surface area contributed by atoms with Gasteiger partial charge in [-0.25, -0.2) is 9.59 Å². The summed E-state index contributed by atoms with van der Waals surface area (Å²) >= 11 is 0.950. The number of rotatable bonds is 5. The first kappa shape index (κ1) is 14.5. The highest BCUT2D eigenvalue weighted by molar-refractivity contribution is 8.13. The van der Waals surface area contributed by atoms with Crippen molar-refractivity contribution in [3.63, 3.8) is 0 Å². The van der Waals surface area contributed by atoms with E-state index in [1.807, 2.05) is 0 Å². The molecule has 0 aliphatic rings. The van der Waals surface area contributed by atoms with E-state index in [1.165, 1.54) is 6.92 Å². The molecule has 1 rings (SSSR count). The van der Waals surface area contributed by atoms with E-state index in [-0.39, 0.29) is 0 Å². The number of ether oxygens (including phenoxy) is 2. The lowest BCUT2D eigenvalue weighted by Gasteiger charge is -2.13. The number of hydrogen-bond acceptors (Lipinski definition) is 6. The smallest absolute Gasteiger partial charge is 0.370 e. The minimum absolute atomic E-state index is 0.387. The van der Waals surface area contributed by atoms with Crippen LogP contribution in [0.4, 0.5) is 4.79 Å². The first-order valence-corrected chi connectivity index (χ1v) is 6.41. The summed E-state index contributed by atoms with van der Waals surface area (Å²) in [5, 5.41) is -0.506. The maximum absolute atomic E-state index is 11.6. The van der Waals surface area contributed by atoms with E-state index in [0.29, 0.717) is 17.9 Å². The number of nitrogens with two attached hydrogens (primary N) is 1. The van der Waals surface area contributed by atoms with Crippen molar-refractivity contribution < 1.29 is 19.1 Å². The fraction of sp³-hybridized carbons (Fsp3) is 0.333. The van der Waals surface area contributed by atoms with Crippen LogP contribution in [0.2, 0.25) is 0 Å². The highest BCUT2D eigenvalue weighted by atomic mass is 32.2. The third-order valence-corrected chi connectivity index (χ3v) is 2.65. The van der Waals surface area contributed by atoms with Gasteiger partial charge in [0.05, 0.1) is 5.56 Å². The van der Waals surface area contributed by atoms with Gasteiger partial charge in [0, 0.05) is 19.2 Å². The second-order valence-electron chi connectivity index (χ2n) is 3.34. The Morgan fingerprint density at radius 3 is 2.56 bits per heavy atom. The Labute approximate surface area is 110 Å². The van der Waals surface area contributed by atoms with Gasteiger partial charge in [0.25, 0.3) is 0 Å². The second-order valence-corrected chi connectivity index (χ2v) is 4.37. The van der Waals surface area contributed by atoms with Gasteiger partial charge in [-0.3, -0.25) is 0 Å². The predicted molar refractivity (Wildman–Crippen MR) is 69.3 cm³/mol. The van der Waals surface area contributed by atoms with Crippen LogP contribution in [-0.2, 0) is 9.47 Å². The molecule has 0 bridgehead atoms. The molecule has 18 heavy (non-hydrogen) atoms. The molecule has 0 saturated carbocycles. The summed E-state index contributed by atoms with van der Waals surface area (Å²) in [5.41, 5.74) is 5.66. The van der Waals surface area contributed by atoms with Gasteiger partial charge in [0.1, 0.15) is 0 Å². The van der Waals surface area contributed by atoms with Crippen LogP contribution in [-0.4, -0.2) is 29.9 Å². The van der Waals surface area contributed by atoms with E-state index in [0.717, 1.165) is 11.8 Å². The standard InChI is InChI=1S/C12H15NO4S/c1-9(17-12(15)18-8-7-13)16-11(14)10-5-3-2-4-6-10/h2-6,9H,7-8,13H2,1H3. The fourth-order valence-electron chi connectivity index (χ4n) is 1.13. The predicted octanol–water partition coefficient (Wildman–Crippen LogP) is 2.02. The molecule has 0 aliphatic carbocycles. The number of esters is 1. The van der Waals surface area contributed by atoms with Crippen LogP contribution in [0.1, 0.15) is 17.3 Å². The number of carbonyl (C=O) groups is 2. The Balaban J connectivity index is 2.38. The summed E-state index contributed by atoms with van der Waals surface area (Å²) in [6, 6.07) is 8.50. The summed E-state index contributed by atoms with van der Waals surface area (Å²) in [4.78, 5) is 22.8. The SMILES string of the molecule is CC(OC(=O)SCCN)OC(=O)c1ccccc1. The van der Waals surface area contributed by atoms with E-state index < -0.39 is 17.6 Å². The topological polar surface area (TPSA) is 78.6 Å². The molecule has 0 amide bonds. The monoisotopic (exact) mass is 269 g/mol. The maximum Gasteiger partial charge on any atom is 0.370 e. The average molecular weight is 269 g/mol. The first-order valence-electron chi connectivity index (χ1n) is 5.43. The second kappa shape index (κ2) is 7.73. The highest BCUT2D eigenvalue weighted by Gasteiger charge is 2.15. The average Bonchev–Trinajstić information content (AvgIpc) is 2.37. The van der Waals surface area contributed by atoms with E-state index in [2.05, 4.69) is 0 Å². The quantitative estimate of drug-likeness (QED) is 0.650. The summed E-state index contributed by atoms with van der Waals surface area (Å²) in [6.45, 7) is 1.87. The van der Waals surface area contributed by atoms with Crippen molar-refractivity contribution in [2.24, 2.45) is 5.73 Å². The van der Waals surface area contributed by atoms with Gasteiger partial charge in [-0.1, -0.05) is 18.2 Å². The lowest BCUT2D eigenvalue weighted by atomic mass is 10.2. The van der Waals surface area contributed by atoms with Crippen LogP contribution >= 0.6 is 11.8 Å². The van der Waals surface area contributed by atoms with Gasteiger partial charge >= 0.3 is 11.3 Å². The lowest BCUT2D eigenvalue weighted by molar-refractivity contribution is -0.0526. The number of thioether (sulfide) groups is 1. The lowest BCUT2D eigenvalue weighted by Crippen LogP contribution is -2.20. The summed E-state index contributed by atoms with van der Waals surface area (Å²) in [5.74, 6) is -0.0576. The molecule has 1 unspecified atom stereocenters. The van der Waals surface area contributed by atoms with Gasteiger partial charge in [0.2, 0.25) is 6.29 Å². The van der Waals surface area contributed by atoms with Crippen LogP contribution in [0.3, 0.4) is 0 Å². The van der Waals surface area contributed by atoms with Gasteiger partial charge in [0.15, 0.2) is 0 Å². The molecule has 98 valence electrons. The zero-order chi connectivity index (χ0) is 13.4. The van der Waals surface area contributed by atoms with Crippen LogP contribution in [0, 0.1) is 0 Å². The van der Waals surface area contributed by atoms with Crippen molar-refractivity contribution in [1.82, 2.24) is 0 Å². The minimum Gasteiger partial charge on any atom is -0.422 e. The van der Waals surface area contributed by atoms with Gasteiger partial charge in [-0.2, -0.15) is 0 Å². The molecule has 0 spiro atoms. The molecule has 0 aliphatic heterocycles. The third kappa shape index (κ3) is 5.20. The van der Waals surface area contributed by atoms with Crippen molar-refractivity contribution in [2.75, 3.05) is 12.3 Å². The molecule has 1 atom stereocenters. The molecular weight excluding hydrogens is 254 g/mol. The van der Waals surface area contributed by atoms with E-state index >= 15 is 0 Å². The van der Waals surface area contributed by atoms with Crippen molar-refractivity contribution in [3.05, 3.63) is 35.9 Å². The van der Waals surface area contributed by atoms with Gasteiger partial charge in [-0.15, -0.1) is 0 Å². The van der Waals surface area contributed by atoms with Crippen molar-refractivity contribution in [2.45, 2.75) is 13.2 Å². The zero-order valence-electron chi connectivity index (χ0n) is 10.00. The molecule has 1 aromatic rings. The first-order chi connectivity index (χ1) is 8.63. The Morgan fingerprint density at radius 1 is 1.28 bits per heavy atom. The third-order valence-electron chi connectivity index (χ3n) is 1.88. The molecule has 0 saturated heterocycles. The molecule has 2 N–H and O–H groups in total. The Hall–Kier alpha value is -1.53. The molecule has 0 fully saturated rings. The normalized spacial score (nSPS) is 11.7. The van der Waals surface area contributed by atoms with Crippen molar-refractivity contribution >= 4 is 23.0 Å². The zero-order valence-corrected chi connectivity index (χ0v) is 10.8. The molecule has 0 aromatic heterocycles. The molecular formula is C12H15NO4S. The Bertz CT molecular complexity index is 396. The number of carbonyl (C=O) groups excluding carboxylic acids is 2. The number of benzene rings is 1. The van der Waals surface area contributed by atoms with E-state index in [4.69, 9.17) is 15.2 Å². The van der Waals surface area contributed by atoms with E-state index in [9.17, 15) is 9.59 Å². The van der Waals surface area contributed by atoms with Crippen LogP contribution in [0.5, 0.6) is 0 Å². The molecule has 1 aromatic carbocycles. The Morgan fingerprint density at radius 2 is 1.94 bits per heavy atom. The maximum atomic E-state index is 11.6. The van der Waals surface area contributed by atoms with Crippen LogP contribution in [0.25, 0.3) is 0 Å². The van der Waals surface area contributed by atoms with Crippen molar-refractivity contribution in [1.29, 1.82) is 0 Å². The summed E-state index contributed by atoms with van der Waals surface area (Å²) in [6.07, 6.45) is -0.921. The van der Waals surface area contributed by atoms with Crippen LogP contribution in [0.15, 0.2) is 30.3 Å². The summed E-state index contributed by atoms with van der Waals surface area (Å²) < 4.78 is 9.83. The van der Waals surface area contributed by atoms with E-state index in [1.54, 1.807) is 30.3 Å². The minimum atomic E-state index is -0.921. The molecule has 0 heterocycles. The van der Waals surface area contributed by atoms with Crippen molar-refractivity contribution in [3.8, 4) is 0 Å². The summed E-state index contributed by atoms with van der Waals surface area (Å²) in [7, 11) is 0. The Kier molecular flexibility index (Phi) is 6.24. The molecule has 5 nitrogen and oxygen atoms in total.